The van der Waals surface area contributed by atoms with Gasteiger partial charge in [0.1, 0.15) is 11.3 Å². The van der Waals surface area contributed by atoms with Gasteiger partial charge in [0.2, 0.25) is 0 Å². The largest absolute Gasteiger partial charge is 0.492 e. The molecule has 31 heavy (non-hydrogen) atoms. The predicted molar refractivity (Wildman–Crippen MR) is 121 cm³/mol. The molecule has 1 aliphatic rings. The van der Waals surface area contributed by atoms with Crippen LogP contribution in [-0.4, -0.2) is 50.2 Å². The van der Waals surface area contributed by atoms with E-state index < -0.39 is 5.97 Å². The molecule has 0 amide bonds. The summed E-state index contributed by atoms with van der Waals surface area (Å²) in [4.78, 5) is 25.0. The van der Waals surface area contributed by atoms with Crippen LogP contribution in [0.5, 0.6) is 5.75 Å². The second-order valence-corrected chi connectivity index (χ2v) is 7.90. The Labute approximate surface area is 187 Å². The van der Waals surface area contributed by atoms with E-state index in [1.807, 2.05) is 10.7 Å². The van der Waals surface area contributed by atoms with Crippen molar-refractivity contribution in [1.82, 2.24) is 4.68 Å². The number of ether oxygens (including phenoxy) is 3. The SMILES string of the molecule is CCOC(=O)c1cn(N2CCCC2C)c(-c2ccc(OCCCOC)c(Cl)c2)cc1=O. The second kappa shape index (κ2) is 10.7. The molecule has 0 N–H and O–H groups in total. The first-order valence-corrected chi connectivity index (χ1v) is 11.0. The standard InChI is InChI=1S/C23H29ClN2O5/c1-4-30-23(28)18-15-26(25-10-5-7-16(25)2)20(14-21(18)27)17-8-9-22(19(24)13-17)31-12-6-11-29-3/h8-9,13-16H,4-7,10-12H2,1-3H3. The third kappa shape index (κ3) is 5.40. The summed E-state index contributed by atoms with van der Waals surface area (Å²) in [7, 11) is 1.65. The van der Waals surface area contributed by atoms with Crippen LogP contribution in [0.3, 0.4) is 0 Å². The van der Waals surface area contributed by atoms with Gasteiger partial charge in [-0.1, -0.05) is 11.6 Å². The van der Waals surface area contributed by atoms with Crippen molar-refractivity contribution >= 4 is 17.6 Å². The van der Waals surface area contributed by atoms with Crippen LogP contribution in [0.4, 0.5) is 0 Å². The quantitative estimate of drug-likeness (QED) is 0.428. The molecule has 8 heteroatoms. The number of esters is 1. The van der Waals surface area contributed by atoms with Gasteiger partial charge in [-0.25, -0.2) is 4.79 Å². The van der Waals surface area contributed by atoms with E-state index in [1.165, 1.54) is 6.07 Å². The predicted octanol–water partition coefficient (Wildman–Crippen LogP) is 3.88. The molecule has 2 heterocycles. The number of carbonyl (C=O) groups is 1. The highest BCUT2D eigenvalue weighted by Crippen LogP contribution is 2.31. The topological polar surface area (TPSA) is 70.0 Å². The Morgan fingerprint density at radius 2 is 2.06 bits per heavy atom. The first kappa shape index (κ1) is 23.2. The molecule has 1 fully saturated rings. The van der Waals surface area contributed by atoms with Crippen LogP contribution in [0, 0.1) is 0 Å². The van der Waals surface area contributed by atoms with Crippen molar-refractivity contribution in [3.8, 4) is 17.0 Å². The van der Waals surface area contributed by atoms with E-state index in [-0.39, 0.29) is 23.6 Å². The van der Waals surface area contributed by atoms with Crippen LogP contribution in [-0.2, 0) is 9.47 Å². The van der Waals surface area contributed by atoms with Gasteiger partial charge in [-0.05, 0) is 44.9 Å². The van der Waals surface area contributed by atoms with Gasteiger partial charge in [0.05, 0.1) is 23.9 Å². The summed E-state index contributed by atoms with van der Waals surface area (Å²) < 4.78 is 17.7. The summed E-state index contributed by atoms with van der Waals surface area (Å²) in [6.07, 6.45) is 4.42. The average molecular weight is 449 g/mol. The van der Waals surface area contributed by atoms with E-state index in [0.29, 0.717) is 29.7 Å². The molecule has 2 aromatic rings. The number of hydrogen-bond donors (Lipinski definition) is 0. The molecule has 1 atom stereocenters. The van der Waals surface area contributed by atoms with Gasteiger partial charge in [0.25, 0.3) is 0 Å². The number of aromatic nitrogens is 1. The first-order chi connectivity index (χ1) is 15.0. The molecule has 7 nitrogen and oxygen atoms in total. The summed E-state index contributed by atoms with van der Waals surface area (Å²) in [5, 5.41) is 2.61. The van der Waals surface area contributed by atoms with Crippen LogP contribution >= 0.6 is 11.6 Å². The fourth-order valence-corrected chi connectivity index (χ4v) is 3.95. The summed E-state index contributed by atoms with van der Waals surface area (Å²) >= 11 is 6.46. The van der Waals surface area contributed by atoms with E-state index in [4.69, 9.17) is 25.8 Å². The van der Waals surface area contributed by atoms with Gasteiger partial charge in [-0.3, -0.25) is 9.47 Å². The van der Waals surface area contributed by atoms with Gasteiger partial charge in [0, 0.05) is 50.6 Å². The molecular weight excluding hydrogens is 420 g/mol. The van der Waals surface area contributed by atoms with Gasteiger partial charge < -0.3 is 19.2 Å². The monoisotopic (exact) mass is 448 g/mol. The lowest BCUT2D eigenvalue weighted by Gasteiger charge is -2.30. The summed E-state index contributed by atoms with van der Waals surface area (Å²) in [5.41, 5.74) is 1.07. The molecule has 1 unspecified atom stereocenters. The average Bonchev–Trinajstić information content (AvgIpc) is 3.17. The summed E-state index contributed by atoms with van der Waals surface area (Å²) in [6, 6.07) is 7.19. The smallest absolute Gasteiger partial charge is 0.343 e. The minimum atomic E-state index is -0.613. The number of pyridine rings is 1. The van der Waals surface area contributed by atoms with Crippen molar-refractivity contribution in [3.63, 3.8) is 0 Å². The molecule has 0 spiro atoms. The number of hydrogen-bond acceptors (Lipinski definition) is 6. The van der Waals surface area contributed by atoms with E-state index >= 15 is 0 Å². The van der Waals surface area contributed by atoms with Crippen LogP contribution in [0.15, 0.2) is 35.3 Å². The van der Waals surface area contributed by atoms with Crippen molar-refractivity contribution in [3.05, 3.63) is 51.3 Å². The Hall–Kier alpha value is -2.51. The Bertz CT molecular complexity index is 975. The lowest BCUT2D eigenvalue weighted by atomic mass is 10.1. The highest BCUT2D eigenvalue weighted by molar-refractivity contribution is 6.32. The molecule has 0 saturated carbocycles. The third-order valence-electron chi connectivity index (χ3n) is 5.30. The molecule has 0 radical (unpaired) electrons. The van der Waals surface area contributed by atoms with Crippen LogP contribution in [0.25, 0.3) is 11.3 Å². The molecule has 0 bridgehead atoms. The van der Waals surface area contributed by atoms with Crippen molar-refractivity contribution in [2.75, 3.05) is 38.5 Å². The minimum absolute atomic E-state index is 0.0221. The normalized spacial score (nSPS) is 15.9. The van der Waals surface area contributed by atoms with Gasteiger partial charge in [0.15, 0.2) is 5.43 Å². The number of halogens is 1. The van der Waals surface area contributed by atoms with Crippen molar-refractivity contribution in [2.45, 2.75) is 39.2 Å². The Morgan fingerprint density at radius 3 is 2.71 bits per heavy atom. The van der Waals surface area contributed by atoms with Gasteiger partial charge in [-0.15, -0.1) is 0 Å². The maximum Gasteiger partial charge on any atom is 0.343 e. The fraction of sp³-hybridized carbons (Fsp3) is 0.478. The van der Waals surface area contributed by atoms with Gasteiger partial charge in [-0.2, -0.15) is 0 Å². The maximum absolute atomic E-state index is 12.7. The van der Waals surface area contributed by atoms with E-state index in [2.05, 4.69) is 11.9 Å². The molecule has 0 aliphatic carbocycles. The highest BCUT2D eigenvalue weighted by Gasteiger charge is 2.25. The zero-order valence-corrected chi connectivity index (χ0v) is 19.0. The van der Waals surface area contributed by atoms with E-state index in [1.54, 1.807) is 32.4 Å². The second-order valence-electron chi connectivity index (χ2n) is 7.50. The lowest BCUT2D eigenvalue weighted by molar-refractivity contribution is 0.0524. The van der Waals surface area contributed by atoms with Crippen molar-refractivity contribution in [1.29, 1.82) is 0 Å². The molecule has 1 aromatic heterocycles. The van der Waals surface area contributed by atoms with Crippen LogP contribution in [0.1, 0.15) is 43.5 Å². The molecule has 1 aliphatic heterocycles. The molecule has 1 saturated heterocycles. The van der Waals surface area contributed by atoms with Crippen molar-refractivity contribution < 1.29 is 19.0 Å². The Morgan fingerprint density at radius 1 is 1.26 bits per heavy atom. The maximum atomic E-state index is 12.7. The number of nitrogens with zero attached hydrogens (tertiary/aromatic N) is 2. The first-order valence-electron chi connectivity index (χ1n) is 10.6. The minimum Gasteiger partial charge on any atom is -0.492 e. The lowest BCUT2D eigenvalue weighted by Crippen LogP contribution is -2.39. The van der Waals surface area contributed by atoms with E-state index in [0.717, 1.165) is 31.4 Å². The molecule has 1 aromatic carbocycles. The third-order valence-corrected chi connectivity index (χ3v) is 5.59. The highest BCUT2D eigenvalue weighted by atomic mass is 35.5. The number of methoxy groups -OCH3 is 1. The Balaban J connectivity index is 1.99. The number of carbonyl (C=O) groups excluding carboxylic acids is 1. The van der Waals surface area contributed by atoms with Crippen molar-refractivity contribution in [2.24, 2.45) is 0 Å². The fourth-order valence-electron chi connectivity index (χ4n) is 3.71. The van der Waals surface area contributed by atoms with Crippen LogP contribution < -0.4 is 15.2 Å². The zero-order chi connectivity index (χ0) is 22.4. The van der Waals surface area contributed by atoms with Gasteiger partial charge >= 0.3 is 5.97 Å². The number of benzene rings is 1. The molecular formula is C23H29ClN2O5. The van der Waals surface area contributed by atoms with E-state index in [9.17, 15) is 9.59 Å². The van der Waals surface area contributed by atoms with Crippen LogP contribution in [0.2, 0.25) is 5.02 Å². The Kier molecular flexibility index (Phi) is 7.98. The number of rotatable bonds is 9. The summed E-state index contributed by atoms with van der Waals surface area (Å²) in [5.74, 6) is -0.0365. The summed E-state index contributed by atoms with van der Waals surface area (Å²) in [6.45, 7) is 5.99. The molecule has 3 rings (SSSR count). The molecule has 168 valence electrons. The zero-order valence-electron chi connectivity index (χ0n) is 18.2.